The van der Waals surface area contributed by atoms with Gasteiger partial charge in [0, 0.05) is 12.2 Å². The summed E-state index contributed by atoms with van der Waals surface area (Å²) in [6.07, 6.45) is 3.31. The van der Waals surface area contributed by atoms with Crippen LogP contribution in [0.3, 0.4) is 0 Å². The van der Waals surface area contributed by atoms with Gasteiger partial charge in [-0.3, -0.25) is 9.23 Å². The Balaban J connectivity index is 2.54. The number of hydrogen-bond acceptors (Lipinski definition) is 3. The van der Waals surface area contributed by atoms with Crippen molar-refractivity contribution in [2.24, 2.45) is 0 Å². The molecule has 0 aromatic carbocycles. The van der Waals surface area contributed by atoms with E-state index < -0.39 is 11.3 Å². The lowest BCUT2D eigenvalue weighted by Gasteiger charge is -2.03. The van der Waals surface area contributed by atoms with Gasteiger partial charge in [0.15, 0.2) is 0 Å². The predicted octanol–water partition coefficient (Wildman–Crippen LogP) is 0.517. The van der Waals surface area contributed by atoms with Crippen LogP contribution in [0.15, 0.2) is 12.4 Å². The summed E-state index contributed by atoms with van der Waals surface area (Å²) in [6, 6.07) is 0.273. The van der Waals surface area contributed by atoms with Gasteiger partial charge in [0.25, 0.3) is 0 Å². The van der Waals surface area contributed by atoms with Crippen molar-refractivity contribution in [1.29, 1.82) is 0 Å². The molecule has 1 heterocycles. The van der Waals surface area contributed by atoms with Crippen molar-refractivity contribution in [1.82, 2.24) is 14.6 Å². The van der Waals surface area contributed by atoms with Crippen molar-refractivity contribution in [3.8, 4) is 0 Å². The third kappa shape index (κ3) is 3.13. The quantitative estimate of drug-likeness (QED) is 0.493. The van der Waals surface area contributed by atoms with Crippen molar-refractivity contribution in [3.63, 3.8) is 0 Å². The van der Waals surface area contributed by atoms with Crippen LogP contribution in [0.5, 0.6) is 0 Å². The van der Waals surface area contributed by atoms with E-state index in [1.807, 2.05) is 13.8 Å². The fourth-order valence-electron chi connectivity index (χ4n) is 0.788. The number of rotatable bonds is 4. The summed E-state index contributed by atoms with van der Waals surface area (Å²) < 4.78 is 20.4. The Hall–Kier alpha value is -0.920. The number of hydrogen-bond donors (Lipinski definition) is 3. The van der Waals surface area contributed by atoms with Crippen LogP contribution in [0, 0.1) is 0 Å². The summed E-state index contributed by atoms with van der Waals surface area (Å²) in [6.45, 7) is 3.99. The van der Waals surface area contributed by atoms with Gasteiger partial charge < -0.3 is 5.43 Å². The highest BCUT2D eigenvalue weighted by Gasteiger charge is 2.00. The maximum atomic E-state index is 10.2. The van der Waals surface area contributed by atoms with Crippen LogP contribution in [-0.2, 0) is 11.3 Å². The Kier molecular flexibility index (Phi) is 3.40. The summed E-state index contributed by atoms with van der Waals surface area (Å²) in [5.41, 5.74) is 3.19. The van der Waals surface area contributed by atoms with Crippen molar-refractivity contribution in [2.75, 3.05) is 5.43 Å². The van der Waals surface area contributed by atoms with E-state index in [0.717, 1.165) is 0 Å². The van der Waals surface area contributed by atoms with Crippen molar-refractivity contribution < 1.29 is 8.76 Å². The summed E-state index contributed by atoms with van der Waals surface area (Å²) in [7, 11) is 0. The molecule has 0 aliphatic heterocycles. The Bertz CT molecular complexity index is 299. The van der Waals surface area contributed by atoms with Crippen molar-refractivity contribution in [3.05, 3.63) is 12.4 Å². The predicted molar refractivity (Wildman–Crippen MR) is 50.1 cm³/mol. The molecule has 0 saturated carbocycles. The van der Waals surface area contributed by atoms with E-state index in [1.54, 1.807) is 17.1 Å². The molecule has 1 aromatic rings. The van der Waals surface area contributed by atoms with E-state index in [0.29, 0.717) is 5.69 Å². The van der Waals surface area contributed by atoms with Gasteiger partial charge in [0.05, 0.1) is 11.9 Å². The lowest BCUT2D eigenvalue weighted by Crippen LogP contribution is -2.22. The zero-order valence-corrected chi connectivity index (χ0v) is 8.21. The third-order valence-electron chi connectivity index (χ3n) is 1.41. The van der Waals surface area contributed by atoms with E-state index >= 15 is 0 Å². The Labute approximate surface area is 78.7 Å². The second-order valence-electron chi connectivity index (χ2n) is 2.78. The molecule has 0 aliphatic carbocycles. The van der Waals surface area contributed by atoms with E-state index in [2.05, 4.69) is 15.4 Å². The molecule has 0 spiro atoms. The van der Waals surface area contributed by atoms with E-state index in [1.165, 1.54) is 0 Å². The molecule has 0 amide bonds. The molecule has 13 heavy (non-hydrogen) atoms. The maximum absolute atomic E-state index is 10.2. The van der Waals surface area contributed by atoms with Crippen LogP contribution in [0.25, 0.3) is 0 Å². The van der Waals surface area contributed by atoms with E-state index in [-0.39, 0.29) is 6.04 Å². The minimum atomic E-state index is -2.07. The molecule has 1 atom stereocenters. The average molecular weight is 204 g/mol. The zero-order chi connectivity index (χ0) is 9.84. The van der Waals surface area contributed by atoms with Crippen molar-refractivity contribution >= 4 is 17.0 Å². The first-order valence-corrected chi connectivity index (χ1v) is 4.87. The number of nitrogens with zero attached hydrogens (tertiary/aromatic N) is 2. The molecule has 1 aromatic heterocycles. The average Bonchev–Trinajstić information content (AvgIpc) is 2.48. The molecule has 1 unspecified atom stereocenters. The first kappa shape index (κ1) is 10.2. The number of hydrazine groups is 1. The third-order valence-corrected chi connectivity index (χ3v) is 1.69. The highest BCUT2D eigenvalue weighted by molar-refractivity contribution is 7.77. The topological polar surface area (TPSA) is 79.2 Å². The van der Waals surface area contributed by atoms with Gasteiger partial charge in [-0.2, -0.15) is 5.10 Å². The Morgan fingerprint density at radius 1 is 1.69 bits per heavy atom. The summed E-state index contributed by atoms with van der Waals surface area (Å²) in [5.74, 6) is 0. The molecule has 0 bridgehead atoms. The summed E-state index contributed by atoms with van der Waals surface area (Å²) in [4.78, 5) is 2.14. The first-order valence-electron chi connectivity index (χ1n) is 3.76. The van der Waals surface area contributed by atoms with Gasteiger partial charge in [-0.25, -0.2) is 4.21 Å². The molecule has 74 valence electrons. The smallest absolute Gasteiger partial charge is 0.250 e. The van der Waals surface area contributed by atoms with Crippen LogP contribution < -0.4 is 10.3 Å². The number of anilines is 1. The zero-order valence-electron chi connectivity index (χ0n) is 7.39. The van der Waals surface area contributed by atoms with Gasteiger partial charge in [-0.05, 0) is 13.8 Å². The normalized spacial score (nSPS) is 13.2. The molecular formula is C6H12N4O2S. The molecule has 3 N–H and O–H groups in total. The summed E-state index contributed by atoms with van der Waals surface area (Å²) >= 11 is -2.07. The molecular weight excluding hydrogens is 192 g/mol. The standard InChI is InChI=1S/C6H12N4O2S/c1-5(2)10-4-6(3-7-10)8-9-13(11)12/h3-5,8-9H,1-2H3,(H,11,12). The van der Waals surface area contributed by atoms with Crippen LogP contribution >= 0.6 is 0 Å². The number of aromatic nitrogens is 2. The fourth-order valence-corrected chi connectivity index (χ4v) is 0.993. The van der Waals surface area contributed by atoms with E-state index in [9.17, 15) is 4.21 Å². The SMILES string of the molecule is CC(C)n1cc(NNS(=O)O)cn1. The number of nitrogens with one attached hydrogen (secondary N) is 2. The second-order valence-corrected chi connectivity index (χ2v) is 3.48. The van der Waals surface area contributed by atoms with Crippen LogP contribution in [0.2, 0.25) is 0 Å². The largest absolute Gasteiger partial charge is 0.305 e. The van der Waals surface area contributed by atoms with Gasteiger partial charge in [-0.1, -0.05) is 0 Å². The molecule has 7 heteroatoms. The van der Waals surface area contributed by atoms with Crippen LogP contribution in [0.1, 0.15) is 19.9 Å². The molecule has 0 aliphatic rings. The maximum Gasteiger partial charge on any atom is 0.250 e. The molecule has 0 fully saturated rings. The summed E-state index contributed by atoms with van der Waals surface area (Å²) in [5, 5.41) is 4.03. The van der Waals surface area contributed by atoms with Gasteiger partial charge in [0.2, 0.25) is 11.3 Å². The second kappa shape index (κ2) is 4.35. The van der Waals surface area contributed by atoms with Crippen LogP contribution in [0.4, 0.5) is 5.69 Å². The molecule has 0 radical (unpaired) electrons. The minimum absolute atomic E-state index is 0.273. The van der Waals surface area contributed by atoms with Crippen LogP contribution in [-0.4, -0.2) is 18.5 Å². The van der Waals surface area contributed by atoms with Gasteiger partial charge in [0.1, 0.15) is 0 Å². The van der Waals surface area contributed by atoms with E-state index in [4.69, 9.17) is 4.55 Å². The molecule has 1 rings (SSSR count). The minimum Gasteiger partial charge on any atom is -0.305 e. The van der Waals surface area contributed by atoms with Crippen molar-refractivity contribution in [2.45, 2.75) is 19.9 Å². The first-order chi connectivity index (χ1) is 6.09. The lowest BCUT2D eigenvalue weighted by atomic mass is 10.4. The Morgan fingerprint density at radius 2 is 2.38 bits per heavy atom. The highest BCUT2D eigenvalue weighted by Crippen LogP contribution is 2.08. The monoisotopic (exact) mass is 204 g/mol. The van der Waals surface area contributed by atoms with Gasteiger partial charge >= 0.3 is 0 Å². The fraction of sp³-hybridized carbons (Fsp3) is 0.500. The molecule has 6 nitrogen and oxygen atoms in total. The highest BCUT2D eigenvalue weighted by atomic mass is 32.2. The Morgan fingerprint density at radius 3 is 2.85 bits per heavy atom. The lowest BCUT2D eigenvalue weighted by molar-refractivity contribution is 0.532. The van der Waals surface area contributed by atoms with Gasteiger partial charge in [-0.15, -0.1) is 4.83 Å². The molecule has 0 saturated heterocycles.